The molecule has 1 fully saturated rings. The molecule has 2 aromatic heterocycles. The Kier molecular flexibility index (Phi) is 7.25. The molecule has 39 heavy (non-hydrogen) atoms. The first-order valence-corrected chi connectivity index (χ1v) is 12.7. The van der Waals surface area contributed by atoms with Crippen molar-refractivity contribution in [2.45, 2.75) is 25.3 Å². The van der Waals surface area contributed by atoms with Crippen molar-refractivity contribution in [3.63, 3.8) is 0 Å². The number of carbonyl (C=O) groups is 2. The van der Waals surface area contributed by atoms with Crippen molar-refractivity contribution in [1.82, 2.24) is 25.1 Å². The Bertz CT molecular complexity index is 1570. The predicted molar refractivity (Wildman–Crippen MR) is 146 cm³/mol. The Labute approximate surface area is 225 Å². The van der Waals surface area contributed by atoms with Crippen molar-refractivity contribution in [2.24, 2.45) is 12.8 Å². The van der Waals surface area contributed by atoms with E-state index in [2.05, 4.69) is 25.3 Å². The molecule has 5 rings (SSSR count). The Morgan fingerprint density at radius 2 is 2.10 bits per heavy atom. The van der Waals surface area contributed by atoms with E-state index in [0.29, 0.717) is 23.2 Å². The number of halogens is 1. The van der Waals surface area contributed by atoms with Gasteiger partial charge in [0.15, 0.2) is 11.6 Å². The van der Waals surface area contributed by atoms with Crippen LogP contribution in [0, 0.1) is 5.82 Å². The van der Waals surface area contributed by atoms with Crippen LogP contribution in [0.4, 0.5) is 10.1 Å². The lowest BCUT2D eigenvalue weighted by molar-refractivity contribution is 0.0959. The number of fused-ring (bicyclic) bond motifs is 1. The lowest BCUT2D eigenvalue weighted by Gasteiger charge is -2.34. The Balaban J connectivity index is 1.60. The van der Waals surface area contributed by atoms with Crippen LogP contribution in [0.5, 0.6) is 5.75 Å². The number of ketones is 1. The van der Waals surface area contributed by atoms with Crippen molar-refractivity contribution in [1.29, 1.82) is 0 Å². The molecule has 202 valence electrons. The third kappa shape index (κ3) is 4.92. The van der Waals surface area contributed by atoms with Crippen LogP contribution in [0.2, 0.25) is 0 Å². The molecular formula is C28H30FN7O3. The minimum Gasteiger partial charge on any atom is -0.496 e. The van der Waals surface area contributed by atoms with E-state index in [-0.39, 0.29) is 47.0 Å². The van der Waals surface area contributed by atoms with Crippen LogP contribution in [0.15, 0.2) is 42.7 Å². The molecular weight excluding hydrogens is 501 g/mol. The van der Waals surface area contributed by atoms with Crippen molar-refractivity contribution in [3.8, 4) is 17.1 Å². The van der Waals surface area contributed by atoms with E-state index in [1.165, 1.54) is 31.5 Å². The number of aryl methyl sites for hydroxylation is 1. The summed E-state index contributed by atoms with van der Waals surface area (Å²) in [7, 11) is 4.77. The second kappa shape index (κ2) is 10.8. The number of nitrogens with one attached hydrogen (secondary N) is 1. The zero-order valence-corrected chi connectivity index (χ0v) is 22.1. The summed E-state index contributed by atoms with van der Waals surface area (Å²) in [5, 5.41) is 7.88. The number of methoxy groups -OCH3 is 1. The molecule has 0 aliphatic carbocycles. The number of nitrogens with zero attached hydrogens (tertiary/aromatic N) is 5. The van der Waals surface area contributed by atoms with Gasteiger partial charge < -0.3 is 20.7 Å². The predicted octanol–water partition coefficient (Wildman–Crippen LogP) is 2.89. The standard InChI is InChI=1S/C28H30FN7O3/c1-31-28(38)18-12-16(25(19-14-33-35(2)26(18)19)36-11-5-6-17(30)15-36)13-22(37)21-9-10-32-27(34-21)24-20(29)7-4-8-23(24)39-3/h4,7-10,12,14,17H,5-6,11,13,15,30H2,1-3H3,(H,31,38)/t17-/m1/s1. The van der Waals surface area contributed by atoms with Crippen molar-refractivity contribution in [3.05, 3.63) is 65.4 Å². The third-order valence-electron chi connectivity index (χ3n) is 7.03. The first-order valence-electron chi connectivity index (χ1n) is 12.7. The average molecular weight is 532 g/mol. The number of benzene rings is 2. The summed E-state index contributed by atoms with van der Waals surface area (Å²) in [5.74, 6) is -0.829. The van der Waals surface area contributed by atoms with E-state index in [1.54, 1.807) is 37.1 Å². The Hall–Kier alpha value is -4.38. The van der Waals surface area contributed by atoms with Gasteiger partial charge in [0.05, 0.1) is 35.6 Å². The van der Waals surface area contributed by atoms with Gasteiger partial charge in [0, 0.05) is 51.2 Å². The van der Waals surface area contributed by atoms with Gasteiger partial charge in [-0.2, -0.15) is 5.10 Å². The number of carbonyl (C=O) groups excluding carboxylic acids is 2. The first-order chi connectivity index (χ1) is 18.8. The number of ether oxygens (including phenoxy) is 1. The van der Waals surface area contributed by atoms with Gasteiger partial charge in [-0.3, -0.25) is 14.3 Å². The molecule has 3 heterocycles. The minimum atomic E-state index is -0.556. The molecule has 1 aliphatic rings. The van der Waals surface area contributed by atoms with Crippen LogP contribution in [0.3, 0.4) is 0 Å². The fraction of sp³-hybridized carbons (Fsp3) is 0.321. The monoisotopic (exact) mass is 531 g/mol. The highest BCUT2D eigenvalue weighted by atomic mass is 19.1. The Morgan fingerprint density at radius 3 is 2.85 bits per heavy atom. The molecule has 0 spiro atoms. The smallest absolute Gasteiger partial charge is 0.253 e. The molecule has 1 amide bonds. The quantitative estimate of drug-likeness (QED) is 0.349. The van der Waals surface area contributed by atoms with Gasteiger partial charge in [-0.1, -0.05) is 6.07 Å². The molecule has 2 aromatic carbocycles. The summed E-state index contributed by atoms with van der Waals surface area (Å²) in [4.78, 5) is 37.3. The SMILES string of the molecule is CNC(=O)c1cc(CC(=O)c2ccnc(-c3c(F)cccc3OC)n2)c(N2CCC[C@@H](N)C2)c2cnn(C)c12. The van der Waals surface area contributed by atoms with Gasteiger partial charge in [0.1, 0.15) is 17.3 Å². The van der Waals surface area contributed by atoms with Gasteiger partial charge in [-0.25, -0.2) is 14.4 Å². The molecule has 1 aliphatic heterocycles. The van der Waals surface area contributed by atoms with E-state index in [9.17, 15) is 14.0 Å². The normalized spacial score (nSPS) is 15.4. The van der Waals surface area contributed by atoms with Crippen molar-refractivity contribution >= 4 is 28.3 Å². The second-order valence-corrected chi connectivity index (χ2v) is 9.57. The van der Waals surface area contributed by atoms with Gasteiger partial charge in [0.25, 0.3) is 5.91 Å². The summed E-state index contributed by atoms with van der Waals surface area (Å²) < 4.78 is 21.6. The number of rotatable bonds is 7. The number of piperidine rings is 1. The molecule has 4 aromatic rings. The summed E-state index contributed by atoms with van der Waals surface area (Å²) in [6.07, 6.45) is 4.93. The molecule has 10 nitrogen and oxygen atoms in total. The summed E-state index contributed by atoms with van der Waals surface area (Å²) in [6.45, 7) is 1.39. The van der Waals surface area contributed by atoms with E-state index >= 15 is 0 Å². The summed E-state index contributed by atoms with van der Waals surface area (Å²) >= 11 is 0. The molecule has 3 N–H and O–H groups in total. The number of aromatic nitrogens is 4. The molecule has 1 saturated heterocycles. The van der Waals surface area contributed by atoms with Crippen LogP contribution in [0.1, 0.15) is 39.3 Å². The first kappa shape index (κ1) is 26.2. The average Bonchev–Trinajstić information content (AvgIpc) is 3.32. The zero-order valence-electron chi connectivity index (χ0n) is 22.1. The molecule has 0 radical (unpaired) electrons. The van der Waals surface area contributed by atoms with E-state index < -0.39 is 5.82 Å². The second-order valence-electron chi connectivity index (χ2n) is 9.57. The number of nitrogens with two attached hydrogens (primary N) is 1. The molecule has 0 bridgehead atoms. The van der Waals surface area contributed by atoms with Crippen molar-refractivity contribution in [2.75, 3.05) is 32.1 Å². The zero-order chi connectivity index (χ0) is 27.7. The number of hydrogen-bond acceptors (Lipinski definition) is 8. The number of Topliss-reactive ketones (excluding diaryl/α,β-unsaturated/α-hetero) is 1. The highest BCUT2D eigenvalue weighted by Crippen LogP contribution is 2.36. The fourth-order valence-electron chi connectivity index (χ4n) is 5.23. The maximum Gasteiger partial charge on any atom is 0.253 e. The van der Waals surface area contributed by atoms with Gasteiger partial charge >= 0.3 is 0 Å². The largest absolute Gasteiger partial charge is 0.496 e. The minimum absolute atomic E-state index is 0.00666. The third-order valence-corrected chi connectivity index (χ3v) is 7.03. The van der Waals surface area contributed by atoms with Crippen molar-refractivity contribution < 1.29 is 18.7 Å². The molecule has 0 unspecified atom stereocenters. The maximum absolute atomic E-state index is 14.7. The van der Waals surface area contributed by atoms with Gasteiger partial charge in [0.2, 0.25) is 0 Å². The number of amides is 1. The van der Waals surface area contributed by atoms with Gasteiger partial charge in [-0.15, -0.1) is 0 Å². The van der Waals surface area contributed by atoms with Crippen LogP contribution in [-0.4, -0.2) is 64.7 Å². The fourth-order valence-corrected chi connectivity index (χ4v) is 5.23. The summed E-state index contributed by atoms with van der Waals surface area (Å²) in [5.41, 5.74) is 9.10. The van der Waals surface area contributed by atoms with Crippen LogP contribution >= 0.6 is 0 Å². The van der Waals surface area contributed by atoms with Crippen LogP contribution in [0.25, 0.3) is 22.3 Å². The lowest BCUT2D eigenvalue weighted by Crippen LogP contribution is -2.43. The Morgan fingerprint density at radius 1 is 1.28 bits per heavy atom. The molecule has 11 heteroatoms. The number of hydrogen-bond donors (Lipinski definition) is 2. The lowest BCUT2D eigenvalue weighted by atomic mass is 9.95. The topological polar surface area (TPSA) is 128 Å². The summed E-state index contributed by atoms with van der Waals surface area (Å²) in [6, 6.07) is 7.66. The van der Waals surface area contributed by atoms with E-state index in [4.69, 9.17) is 10.5 Å². The highest BCUT2D eigenvalue weighted by molar-refractivity contribution is 6.11. The van der Waals surface area contributed by atoms with Crippen LogP contribution in [-0.2, 0) is 13.5 Å². The van der Waals surface area contributed by atoms with Gasteiger partial charge in [-0.05, 0) is 42.7 Å². The number of anilines is 1. The van der Waals surface area contributed by atoms with E-state index in [0.717, 1.165) is 30.5 Å². The van der Waals surface area contributed by atoms with E-state index in [1.807, 2.05) is 0 Å². The molecule has 0 saturated carbocycles. The molecule has 1 atom stereocenters. The van der Waals surface area contributed by atoms with Crippen LogP contribution < -0.4 is 20.7 Å². The maximum atomic E-state index is 14.7. The highest BCUT2D eigenvalue weighted by Gasteiger charge is 2.27.